The van der Waals surface area contributed by atoms with Crippen molar-refractivity contribution in [1.82, 2.24) is 0 Å². The van der Waals surface area contributed by atoms with Gasteiger partial charge in [0.2, 0.25) is 0 Å². The van der Waals surface area contributed by atoms with Gasteiger partial charge in [0.25, 0.3) is 0 Å². The van der Waals surface area contributed by atoms with Crippen LogP contribution in [0, 0.1) is 31.0 Å². The van der Waals surface area contributed by atoms with Crippen LogP contribution in [-0.2, 0) is 6.61 Å². The summed E-state index contributed by atoms with van der Waals surface area (Å²) in [7, 11) is 0. The molecule has 0 radical (unpaired) electrons. The lowest BCUT2D eigenvalue weighted by Crippen LogP contribution is -1.98. The van der Waals surface area contributed by atoms with Gasteiger partial charge in [-0.1, -0.05) is 17.7 Å². The van der Waals surface area contributed by atoms with E-state index in [0.717, 1.165) is 21.7 Å². The highest BCUT2D eigenvalue weighted by molar-refractivity contribution is 6.32. The van der Waals surface area contributed by atoms with Crippen molar-refractivity contribution in [3.05, 3.63) is 63.4 Å². The molecule has 20 heavy (non-hydrogen) atoms. The van der Waals surface area contributed by atoms with Crippen LogP contribution in [0.1, 0.15) is 22.3 Å². The van der Waals surface area contributed by atoms with Crippen LogP contribution >= 0.6 is 11.6 Å². The smallest absolute Gasteiger partial charge is 0.140 e. The summed E-state index contributed by atoms with van der Waals surface area (Å²) in [6.07, 6.45) is 0. The second kappa shape index (κ2) is 5.94. The minimum atomic E-state index is -0.519. The molecule has 2 nitrogen and oxygen atoms in total. The van der Waals surface area contributed by atoms with Crippen LogP contribution in [0.4, 0.5) is 4.39 Å². The Morgan fingerprint density at radius 2 is 1.85 bits per heavy atom. The molecule has 0 saturated carbocycles. The Kier molecular flexibility index (Phi) is 4.26. The molecule has 0 aromatic heterocycles. The summed E-state index contributed by atoms with van der Waals surface area (Å²) in [5.74, 6) is 0.182. The average molecular weight is 290 g/mol. The zero-order chi connectivity index (χ0) is 14.7. The van der Waals surface area contributed by atoms with E-state index >= 15 is 0 Å². The molecule has 0 N–H and O–H groups in total. The van der Waals surface area contributed by atoms with E-state index in [1.807, 2.05) is 32.0 Å². The van der Waals surface area contributed by atoms with Crippen molar-refractivity contribution in [2.45, 2.75) is 20.5 Å². The van der Waals surface area contributed by atoms with E-state index in [9.17, 15) is 4.39 Å². The number of rotatable bonds is 3. The first-order valence-electron chi connectivity index (χ1n) is 6.09. The Morgan fingerprint density at radius 1 is 1.20 bits per heavy atom. The van der Waals surface area contributed by atoms with Crippen LogP contribution in [0.3, 0.4) is 0 Å². The van der Waals surface area contributed by atoms with E-state index in [2.05, 4.69) is 0 Å². The molecular weight excluding hydrogens is 277 g/mol. The van der Waals surface area contributed by atoms with Crippen molar-refractivity contribution in [2.24, 2.45) is 0 Å². The lowest BCUT2D eigenvalue weighted by molar-refractivity contribution is 0.305. The molecule has 102 valence electrons. The summed E-state index contributed by atoms with van der Waals surface area (Å²) in [6.45, 7) is 4.09. The molecule has 0 saturated heterocycles. The first-order chi connectivity index (χ1) is 9.51. The van der Waals surface area contributed by atoms with Gasteiger partial charge in [-0.15, -0.1) is 0 Å². The largest absolute Gasteiger partial charge is 0.489 e. The number of hydrogen-bond donors (Lipinski definition) is 0. The summed E-state index contributed by atoms with van der Waals surface area (Å²) in [5, 5.41) is 9.51. The third-order valence-electron chi connectivity index (χ3n) is 2.97. The lowest BCUT2D eigenvalue weighted by atomic mass is 10.1. The molecule has 0 heterocycles. The monoisotopic (exact) mass is 289 g/mol. The molecular formula is C16H13ClFNO. The Hall–Kier alpha value is -2.05. The lowest BCUT2D eigenvalue weighted by Gasteiger charge is -2.10. The van der Waals surface area contributed by atoms with Crippen LogP contribution in [0.5, 0.6) is 5.75 Å². The minimum absolute atomic E-state index is 0.0227. The molecule has 2 aromatic rings. The first kappa shape index (κ1) is 14.4. The predicted molar refractivity (Wildman–Crippen MR) is 76.4 cm³/mol. The van der Waals surface area contributed by atoms with Gasteiger partial charge in [-0.05, 0) is 54.8 Å². The van der Waals surface area contributed by atoms with E-state index in [4.69, 9.17) is 21.6 Å². The van der Waals surface area contributed by atoms with Crippen LogP contribution in [0.15, 0.2) is 30.3 Å². The molecule has 0 atom stereocenters. The highest BCUT2D eigenvalue weighted by atomic mass is 35.5. The van der Waals surface area contributed by atoms with Crippen molar-refractivity contribution in [3.63, 3.8) is 0 Å². The fourth-order valence-electron chi connectivity index (χ4n) is 1.90. The van der Waals surface area contributed by atoms with Gasteiger partial charge >= 0.3 is 0 Å². The van der Waals surface area contributed by atoms with Gasteiger partial charge in [-0.25, -0.2) is 4.39 Å². The average Bonchev–Trinajstić information content (AvgIpc) is 2.43. The molecule has 0 aliphatic heterocycles. The molecule has 0 aliphatic rings. The number of benzene rings is 2. The molecule has 0 spiro atoms. The second-order valence-corrected chi connectivity index (χ2v) is 4.96. The number of nitriles is 1. The summed E-state index contributed by atoms with van der Waals surface area (Å²) in [5.41, 5.74) is 2.65. The van der Waals surface area contributed by atoms with Gasteiger partial charge in [0.05, 0.1) is 5.56 Å². The second-order valence-electron chi connectivity index (χ2n) is 4.59. The van der Waals surface area contributed by atoms with Crippen LogP contribution in [0.2, 0.25) is 5.02 Å². The topological polar surface area (TPSA) is 33.0 Å². The van der Waals surface area contributed by atoms with Crippen LogP contribution in [0.25, 0.3) is 0 Å². The predicted octanol–water partition coefficient (Wildman–Crippen LogP) is 4.55. The molecule has 2 aromatic carbocycles. The summed E-state index contributed by atoms with van der Waals surface area (Å²) in [4.78, 5) is 0. The zero-order valence-corrected chi connectivity index (χ0v) is 12.0. The van der Waals surface area contributed by atoms with Crippen molar-refractivity contribution in [3.8, 4) is 11.8 Å². The maximum absolute atomic E-state index is 13.2. The Balaban J connectivity index is 2.15. The fraction of sp³-hybridized carbons (Fsp3) is 0.188. The zero-order valence-electron chi connectivity index (χ0n) is 11.2. The molecule has 0 fully saturated rings. The minimum Gasteiger partial charge on any atom is -0.489 e. The number of halogens is 2. The quantitative estimate of drug-likeness (QED) is 0.830. The van der Waals surface area contributed by atoms with Crippen LogP contribution < -0.4 is 4.74 Å². The Bertz CT molecular complexity index is 668. The van der Waals surface area contributed by atoms with Crippen molar-refractivity contribution in [1.29, 1.82) is 5.26 Å². The van der Waals surface area contributed by atoms with E-state index in [1.165, 1.54) is 12.1 Å². The number of aryl methyl sites for hydroxylation is 2. The molecule has 0 unspecified atom stereocenters. The third kappa shape index (κ3) is 3.09. The standard InChI is InChI=1S/C16H13ClFNO/c1-10-5-14(6-11(2)16(10)17)20-9-12-3-4-15(18)13(7-12)8-19/h3-7H,9H2,1-2H3. The van der Waals surface area contributed by atoms with Gasteiger partial charge in [-0.2, -0.15) is 5.26 Å². The maximum Gasteiger partial charge on any atom is 0.140 e. The molecule has 2 rings (SSSR count). The molecule has 0 amide bonds. The molecule has 4 heteroatoms. The van der Waals surface area contributed by atoms with Gasteiger partial charge in [0, 0.05) is 5.02 Å². The highest BCUT2D eigenvalue weighted by Gasteiger charge is 2.06. The van der Waals surface area contributed by atoms with Gasteiger partial charge in [0.1, 0.15) is 24.2 Å². The Labute approximate surface area is 122 Å². The van der Waals surface area contributed by atoms with Gasteiger partial charge < -0.3 is 4.74 Å². The summed E-state index contributed by atoms with van der Waals surface area (Å²) >= 11 is 6.09. The third-order valence-corrected chi connectivity index (χ3v) is 3.56. The van der Waals surface area contributed by atoms with Crippen molar-refractivity contribution in [2.75, 3.05) is 0 Å². The Morgan fingerprint density at radius 3 is 2.45 bits per heavy atom. The summed E-state index contributed by atoms with van der Waals surface area (Å²) in [6, 6.07) is 9.88. The van der Waals surface area contributed by atoms with Crippen molar-refractivity contribution >= 4 is 11.6 Å². The van der Waals surface area contributed by atoms with E-state index in [1.54, 1.807) is 6.07 Å². The number of ether oxygens (including phenoxy) is 1. The fourth-order valence-corrected chi connectivity index (χ4v) is 2.01. The highest BCUT2D eigenvalue weighted by Crippen LogP contribution is 2.26. The SMILES string of the molecule is Cc1cc(OCc2ccc(F)c(C#N)c2)cc(C)c1Cl. The van der Waals surface area contributed by atoms with Gasteiger partial charge in [0.15, 0.2) is 0 Å². The number of nitrogens with zero attached hydrogens (tertiary/aromatic N) is 1. The molecule has 0 bridgehead atoms. The van der Waals surface area contributed by atoms with E-state index < -0.39 is 5.82 Å². The van der Waals surface area contributed by atoms with Crippen molar-refractivity contribution < 1.29 is 9.13 Å². The van der Waals surface area contributed by atoms with Crippen LogP contribution in [-0.4, -0.2) is 0 Å². The van der Waals surface area contributed by atoms with Gasteiger partial charge in [-0.3, -0.25) is 0 Å². The van der Waals surface area contributed by atoms with E-state index in [0.29, 0.717) is 5.75 Å². The van der Waals surface area contributed by atoms with E-state index in [-0.39, 0.29) is 12.2 Å². The molecule has 0 aliphatic carbocycles. The number of hydrogen-bond acceptors (Lipinski definition) is 2. The summed E-state index contributed by atoms with van der Waals surface area (Å²) < 4.78 is 18.9. The normalized spacial score (nSPS) is 10.2. The first-order valence-corrected chi connectivity index (χ1v) is 6.47. The maximum atomic E-state index is 13.2.